The van der Waals surface area contributed by atoms with Gasteiger partial charge in [0.1, 0.15) is 11.5 Å². The van der Waals surface area contributed by atoms with E-state index in [9.17, 15) is 4.79 Å². The van der Waals surface area contributed by atoms with Crippen molar-refractivity contribution in [2.24, 2.45) is 5.84 Å². The summed E-state index contributed by atoms with van der Waals surface area (Å²) in [5, 5.41) is 0. The zero-order valence-electron chi connectivity index (χ0n) is 8.96. The monoisotopic (exact) mass is 210 g/mol. The number of ether oxygens (including phenoxy) is 2. The van der Waals surface area contributed by atoms with E-state index in [2.05, 4.69) is 5.43 Å². The van der Waals surface area contributed by atoms with Crippen molar-refractivity contribution in [3.8, 4) is 11.5 Å². The first kappa shape index (κ1) is 11.3. The van der Waals surface area contributed by atoms with Gasteiger partial charge in [-0.25, -0.2) is 5.84 Å². The van der Waals surface area contributed by atoms with Gasteiger partial charge in [-0.05, 0) is 24.6 Å². The highest BCUT2D eigenvalue weighted by Crippen LogP contribution is 2.27. The molecule has 0 saturated carbocycles. The minimum absolute atomic E-state index is 0.349. The third kappa shape index (κ3) is 2.19. The average molecular weight is 210 g/mol. The number of nitrogens with two attached hydrogens (primary N) is 1. The molecular weight excluding hydrogens is 196 g/mol. The molecular formula is C10H14N2O3. The lowest BCUT2D eigenvalue weighted by Crippen LogP contribution is -2.30. The average Bonchev–Trinajstić information content (AvgIpc) is 2.27. The molecule has 0 radical (unpaired) electrons. The second-order valence-electron chi connectivity index (χ2n) is 3.00. The van der Waals surface area contributed by atoms with Crippen LogP contribution in [0.25, 0.3) is 0 Å². The molecule has 1 aromatic rings. The van der Waals surface area contributed by atoms with Crippen molar-refractivity contribution in [1.82, 2.24) is 5.43 Å². The van der Waals surface area contributed by atoms with Gasteiger partial charge in [0, 0.05) is 0 Å². The lowest BCUT2D eigenvalue weighted by Gasteiger charge is -2.11. The second-order valence-corrected chi connectivity index (χ2v) is 3.00. The Balaban J connectivity index is 3.28. The summed E-state index contributed by atoms with van der Waals surface area (Å²) in [5.41, 5.74) is 3.29. The Morgan fingerprint density at radius 1 is 1.27 bits per heavy atom. The first-order valence-electron chi connectivity index (χ1n) is 4.37. The Kier molecular flexibility index (Phi) is 3.51. The summed E-state index contributed by atoms with van der Waals surface area (Å²) in [6.45, 7) is 1.87. The third-order valence-electron chi connectivity index (χ3n) is 2.09. The van der Waals surface area contributed by atoms with Gasteiger partial charge < -0.3 is 9.47 Å². The van der Waals surface area contributed by atoms with Crippen molar-refractivity contribution in [2.75, 3.05) is 14.2 Å². The van der Waals surface area contributed by atoms with Crippen molar-refractivity contribution in [3.63, 3.8) is 0 Å². The van der Waals surface area contributed by atoms with E-state index < -0.39 is 5.91 Å². The van der Waals surface area contributed by atoms with Gasteiger partial charge in [-0.3, -0.25) is 10.2 Å². The highest BCUT2D eigenvalue weighted by Gasteiger charge is 2.14. The fourth-order valence-electron chi connectivity index (χ4n) is 1.31. The molecule has 0 aliphatic rings. The number of hydrazine groups is 1. The molecule has 0 unspecified atom stereocenters. The van der Waals surface area contributed by atoms with Crippen LogP contribution in [0.4, 0.5) is 0 Å². The molecule has 0 bridgehead atoms. The summed E-state index contributed by atoms with van der Waals surface area (Å²) in [6, 6.07) is 3.32. The van der Waals surface area contributed by atoms with Gasteiger partial charge >= 0.3 is 0 Å². The zero-order chi connectivity index (χ0) is 11.4. The quantitative estimate of drug-likeness (QED) is 0.435. The number of aryl methyl sites for hydroxylation is 1. The Bertz CT molecular complexity index is 377. The number of benzene rings is 1. The smallest absolute Gasteiger partial charge is 0.269 e. The van der Waals surface area contributed by atoms with E-state index in [0.717, 1.165) is 5.56 Å². The summed E-state index contributed by atoms with van der Waals surface area (Å²) in [6.07, 6.45) is 0. The van der Waals surface area contributed by atoms with Crippen LogP contribution in [-0.2, 0) is 0 Å². The largest absolute Gasteiger partial charge is 0.496 e. The molecule has 0 fully saturated rings. The molecule has 1 rings (SSSR count). The molecule has 0 spiro atoms. The highest BCUT2D eigenvalue weighted by molar-refractivity contribution is 5.97. The van der Waals surface area contributed by atoms with Gasteiger partial charge in [0.05, 0.1) is 19.8 Å². The molecule has 0 aromatic heterocycles. The maximum atomic E-state index is 11.4. The van der Waals surface area contributed by atoms with Crippen LogP contribution >= 0.6 is 0 Å². The van der Waals surface area contributed by atoms with E-state index in [4.69, 9.17) is 15.3 Å². The number of nitrogens with one attached hydrogen (secondary N) is 1. The van der Waals surface area contributed by atoms with Crippen molar-refractivity contribution in [2.45, 2.75) is 6.92 Å². The SMILES string of the molecule is COc1cc(C(=O)NN)c(OC)cc1C. The standard InChI is InChI=1S/C10H14N2O3/c1-6-4-9(15-3)7(10(13)12-11)5-8(6)14-2/h4-5H,11H2,1-3H3,(H,12,13). The number of rotatable bonds is 3. The Morgan fingerprint density at radius 3 is 2.33 bits per heavy atom. The van der Waals surface area contributed by atoms with E-state index >= 15 is 0 Å². The predicted octanol–water partition coefficient (Wildman–Crippen LogP) is 0.616. The van der Waals surface area contributed by atoms with Gasteiger partial charge in [0.15, 0.2) is 0 Å². The van der Waals surface area contributed by atoms with Crippen LogP contribution in [0.1, 0.15) is 15.9 Å². The molecule has 0 heterocycles. The van der Waals surface area contributed by atoms with Crippen molar-refractivity contribution < 1.29 is 14.3 Å². The molecule has 1 amide bonds. The first-order chi connectivity index (χ1) is 7.13. The lowest BCUT2D eigenvalue weighted by molar-refractivity contribution is 0.0950. The van der Waals surface area contributed by atoms with Crippen molar-refractivity contribution in [3.05, 3.63) is 23.3 Å². The van der Waals surface area contributed by atoms with E-state index in [1.165, 1.54) is 7.11 Å². The number of methoxy groups -OCH3 is 2. The van der Waals surface area contributed by atoms with Gasteiger partial charge in [0.2, 0.25) is 0 Å². The minimum Gasteiger partial charge on any atom is -0.496 e. The number of nitrogen functional groups attached to an aromatic ring is 1. The summed E-state index contributed by atoms with van der Waals surface area (Å²) >= 11 is 0. The molecule has 15 heavy (non-hydrogen) atoms. The van der Waals surface area contributed by atoms with Gasteiger partial charge in [-0.2, -0.15) is 0 Å². The third-order valence-corrected chi connectivity index (χ3v) is 2.09. The minimum atomic E-state index is -0.412. The number of hydrogen-bond acceptors (Lipinski definition) is 4. The van der Waals surface area contributed by atoms with Crippen LogP contribution in [0.3, 0.4) is 0 Å². The molecule has 0 aliphatic heterocycles. The van der Waals surface area contributed by atoms with Crippen LogP contribution in [0.15, 0.2) is 12.1 Å². The zero-order valence-corrected chi connectivity index (χ0v) is 8.96. The number of carbonyl (C=O) groups is 1. The molecule has 82 valence electrons. The topological polar surface area (TPSA) is 73.6 Å². The summed E-state index contributed by atoms with van der Waals surface area (Å²) < 4.78 is 10.2. The highest BCUT2D eigenvalue weighted by atomic mass is 16.5. The maximum Gasteiger partial charge on any atom is 0.269 e. The Morgan fingerprint density at radius 2 is 1.87 bits per heavy atom. The molecule has 5 heteroatoms. The van der Waals surface area contributed by atoms with Crippen molar-refractivity contribution in [1.29, 1.82) is 0 Å². The summed E-state index contributed by atoms with van der Waals surface area (Å²) in [5.74, 6) is 5.74. The Labute approximate surface area is 88.1 Å². The van der Waals surface area contributed by atoms with Crippen LogP contribution in [0.2, 0.25) is 0 Å². The molecule has 5 nitrogen and oxygen atoms in total. The molecule has 0 atom stereocenters. The van der Waals surface area contributed by atoms with Crippen LogP contribution in [0.5, 0.6) is 11.5 Å². The lowest BCUT2D eigenvalue weighted by atomic mass is 10.1. The van der Waals surface area contributed by atoms with E-state index in [1.807, 2.05) is 6.92 Å². The van der Waals surface area contributed by atoms with E-state index in [1.54, 1.807) is 19.2 Å². The van der Waals surface area contributed by atoms with Crippen LogP contribution < -0.4 is 20.7 Å². The maximum absolute atomic E-state index is 11.4. The number of carbonyl (C=O) groups excluding carboxylic acids is 1. The first-order valence-corrected chi connectivity index (χ1v) is 4.37. The number of amides is 1. The van der Waals surface area contributed by atoms with Gasteiger partial charge in [-0.15, -0.1) is 0 Å². The second kappa shape index (κ2) is 4.65. The summed E-state index contributed by atoms with van der Waals surface area (Å²) in [4.78, 5) is 11.4. The van der Waals surface area contributed by atoms with E-state index in [0.29, 0.717) is 17.1 Å². The molecule has 0 saturated heterocycles. The molecule has 0 aliphatic carbocycles. The Hall–Kier alpha value is -1.75. The van der Waals surface area contributed by atoms with Crippen LogP contribution in [0, 0.1) is 6.92 Å². The molecule has 1 aromatic carbocycles. The van der Waals surface area contributed by atoms with E-state index in [-0.39, 0.29) is 0 Å². The van der Waals surface area contributed by atoms with Gasteiger partial charge in [0.25, 0.3) is 5.91 Å². The van der Waals surface area contributed by atoms with Crippen molar-refractivity contribution >= 4 is 5.91 Å². The van der Waals surface area contributed by atoms with Gasteiger partial charge in [-0.1, -0.05) is 0 Å². The number of hydrogen-bond donors (Lipinski definition) is 2. The predicted molar refractivity (Wildman–Crippen MR) is 55.9 cm³/mol. The summed E-state index contributed by atoms with van der Waals surface area (Å²) in [7, 11) is 3.04. The van der Waals surface area contributed by atoms with Crippen LogP contribution in [-0.4, -0.2) is 20.1 Å². The normalized spacial score (nSPS) is 9.60. The fourth-order valence-corrected chi connectivity index (χ4v) is 1.31. The fraction of sp³-hybridized carbons (Fsp3) is 0.300. The molecule has 3 N–H and O–H groups in total.